The molecule has 1 aromatic carbocycles. The average Bonchev–Trinajstić information content (AvgIpc) is 3.14. The van der Waals surface area contributed by atoms with Gasteiger partial charge in [0.25, 0.3) is 0 Å². The summed E-state index contributed by atoms with van der Waals surface area (Å²) < 4.78 is 5.47. The van der Waals surface area contributed by atoms with Crippen LogP contribution in [0.5, 0.6) is 0 Å². The molecule has 2 heterocycles. The van der Waals surface area contributed by atoms with Crippen molar-refractivity contribution in [3.63, 3.8) is 0 Å². The van der Waals surface area contributed by atoms with Crippen molar-refractivity contribution in [2.75, 3.05) is 13.2 Å². The van der Waals surface area contributed by atoms with Crippen molar-refractivity contribution < 1.29 is 14.3 Å². The lowest BCUT2D eigenvalue weighted by molar-refractivity contribution is -0.133. The van der Waals surface area contributed by atoms with Gasteiger partial charge in [0.05, 0.1) is 12.5 Å². The van der Waals surface area contributed by atoms with Crippen molar-refractivity contribution in [1.29, 1.82) is 0 Å². The number of hydrogen-bond donors (Lipinski definition) is 1. The average molecular weight is 316 g/mol. The van der Waals surface area contributed by atoms with E-state index in [9.17, 15) is 9.59 Å². The molecule has 124 valence electrons. The lowest BCUT2D eigenvalue weighted by Crippen LogP contribution is -2.42. The number of nitrogens with zero attached hydrogens (tertiary/aromatic N) is 1. The number of carbonyl (C=O) groups is 2. The third-order valence-electron chi connectivity index (χ3n) is 4.56. The molecule has 0 aromatic heterocycles. The highest BCUT2D eigenvalue weighted by atomic mass is 16.5. The van der Waals surface area contributed by atoms with Crippen LogP contribution in [0.1, 0.15) is 36.8 Å². The minimum atomic E-state index is -0.380. The zero-order valence-corrected chi connectivity index (χ0v) is 13.6. The summed E-state index contributed by atoms with van der Waals surface area (Å²) in [5, 5.41) is 2.87. The number of carbonyl (C=O) groups excluding carboxylic acids is 2. The summed E-state index contributed by atoms with van der Waals surface area (Å²) in [5.74, 6) is -0.0568. The predicted octanol–water partition coefficient (Wildman–Crippen LogP) is 1.78. The summed E-state index contributed by atoms with van der Waals surface area (Å²) in [6.45, 7) is 4.09. The Morgan fingerprint density at radius 2 is 2.09 bits per heavy atom. The van der Waals surface area contributed by atoms with Gasteiger partial charge in [-0.3, -0.25) is 9.59 Å². The van der Waals surface area contributed by atoms with Crippen molar-refractivity contribution in [3.8, 4) is 0 Å². The Morgan fingerprint density at radius 3 is 2.78 bits per heavy atom. The molecule has 1 aromatic rings. The van der Waals surface area contributed by atoms with Crippen LogP contribution in [0.25, 0.3) is 0 Å². The normalized spacial score (nSPS) is 24.2. The van der Waals surface area contributed by atoms with Crippen LogP contribution >= 0.6 is 0 Å². The lowest BCUT2D eigenvalue weighted by Gasteiger charge is -2.18. The number of rotatable bonds is 5. The maximum Gasteiger partial charge on any atom is 0.245 e. The molecule has 0 radical (unpaired) electrons. The number of aryl methyl sites for hydroxylation is 1. The third kappa shape index (κ3) is 4.10. The van der Waals surface area contributed by atoms with Crippen LogP contribution in [0.3, 0.4) is 0 Å². The van der Waals surface area contributed by atoms with E-state index >= 15 is 0 Å². The van der Waals surface area contributed by atoms with Gasteiger partial charge in [0.1, 0.15) is 6.04 Å². The first-order valence-corrected chi connectivity index (χ1v) is 8.37. The molecule has 3 rings (SSSR count). The molecule has 2 amide bonds. The van der Waals surface area contributed by atoms with Gasteiger partial charge in [0.2, 0.25) is 11.8 Å². The summed E-state index contributed by atoms with van der Waals surface area (Å²) in [6.07, 6.45) is 3.02. The Hall–Kier alpha value is -1.88. The largest absolute Gasteiger partial charge is 0.378 e. The van der Waals surface area contributed by atoms with E-state index in [1.807, 2.05) is 24.0 Å². The maximum atomic E-state index is 12.4. The fourth-order valence-corrected chi connectivity index (χ4v) is 3.21. The third-order valence-corrected chi connectivity index (χ3v) is 4.56. The van der Waals surface area contributed by atoms with Crippen LogP contribution in [-0.4, -0.2) is 42.0 Å². The zero-order valence-electron chi connectivity index (χ0n) is 13.6. The maximum absolute atomic E-state index is 12.4. The predicted molar refractivity (Wildman–Crippen MR) is 86.7 cm³/mol. The molecule has 2 fully saturated rings. The standard InChI is InChI=1S/C18H24N2O3/c1-13-4-6-14(7-5-13)12-20-9-8-16(18(20)22)19-17(21)11-15-3-2-10-23-15/h4-7,15-16H,2-3,8-12H2,1H3,(H,19,21)/t15-,16+/m0/s1. The molecule has 2 saturated heterocycles. The van der Waals surface area contributed by atoms with Crippen molar-refractivity contribution in [3.05, 3.63) is 35.4 Å². The molecule has 2 aliphatic heterocycles. The first kappa shape index (κ1) is 16.0. The second-order valence-corrected chi connectivity index (χ2v) is 6.49. The lowest BCUT2D eigenvalue weighted by atomic mass is 10.1. The van der Waals surface area contributed by atoms with Gasteiger partial charge in [0.15, 0.2) is 0 Å². The molecular weight excluding hydrogens is 292 g/mol. The van der Waals surface area contributed by atoms with E-state index in [0.717, 1.165) is 25.0 Å². The molecule has 0 aliphatic carbocycles. The molecule has 2 aliphatic rings. The minimum absolute atomic E-state index is 0.0197. The Balaban J connectivity index is 1.49. The molecule has 0 bridgehead atoms. The van der Waals surface area contributed by atoms with Crippen molar-refractivity contribution in [2.24, 2.45) is 0 Å². The fraction of sp³-hybridized carbons (Fsp3) is 0.556. The van der Waals surface area contributed by atoms with E-state index in [4.69, 9.17) is 4.74 Å². The Labute approximate surface area is 137 Å². The smallest absolute Gasteiger partial charge is 0.245 e. The Kier molecular flexibility index (Phi) is 4.96. The van der Waals surface area contributed by atoms with E-state index in [1.165, 1.54) is 5.56 Å². The van der Waals surface area contributed by atoms with Crippen LogP contribution < -0.4 is 5.32 Å². The van der Waals surface area contributed by atoms with E-state index in [0.29, 0.717) is 25.9 Å². The van der Waals surface area contributed by atoms with Crippen LogP contribution in [-0.2, 0) is 20.9 Å². The first-order valence-electron chi connectivity index (χ1n) is 8.37. The molecular formula is C18H24N2O3. The van der Waals surface area contributed by atoms with Gasteiger partial charge < -0.3 is 15.0 Å². The number of amides is 2. The van der Waals surface area contributed by atoms with Crippen molar-refractivity contribution in [1.82, 2.24) is 10.2 Å². The molecule has 2 atom stereocenters. The summed E-state index contributed by atoms with van der Waals surface area (Å²) in [5.41, 5.74) is 2.33. The Morgan fingerprint density at radius 1 is 1.30 bits per heavy atom. The van der Waals surface area contributed by atoms with Gasteiger partial charge in [0, 0.05) is 19.7 Å². The highest BCUT2D eigenvalue weighted by molar-refractivity contribution is 5.89. The molecule has 0 unspecified atom stereocenters. The highest BCUT2D eigenvalue weighted by Gasteiger charge is 2.33. The summed E-state index contributed by atoms with van der Waals surface area (Å²) in [4.78, 5) is 26.3. The number of hydrogen-bond acceptors (Lipinski definition) is 3. The van der Waals surface area contributed by atoms with Crippen LogP contribution in [0.15, 0.2) is 24.3 Å². The van der Waals surface area contributed by atoms with Gasteiger partial charge in [-0.2, -0.15) is 0 Å². The second-order valence-electron chi connectivity index (χ2n) is 6.49. The molecule has 0 saturated carbocycles. The van der Waals surface area contributed by atoms with Gasteiger partial charge in [-0.1, -0.05) is 29.8 Å². The summed E-state index contributed by atoms with van der Waals surface area (Å²) in [7, 11) is 0. The van der Waals surface area contributed by atoms with E-state index < -0.39 is 0 Å². The number of nitrogens with one attached hydrogen (secondary N) is 1. The summed E-state index contributed by atoms with van der Waals surface area (Å²) in [6, 6.07) is 7.82. The molecule has 0 spiro atoms. The fourth-order valence-electron chi connectivity index (χ4n) is 3.21. The zero-order chi connectivity index (χ0) is 16.2. The van der Waals surface area contributed by atoms with Crippen molar-refractivity contribution in [2.45, 2.75) is 51.3 Å². The molecule has 1 N–H and O–H groups in total. The second kappa shape index (κ2) is 7.13. The molecule has 5 heteroatoms. The van der Waals surface area contributed by atoms with Gasteiger partial charge in [-0.05, 0) is 31.7 Å². The van der Waals surface area contributed by atoms with Gasteiger partial charge in [-0.25, -0.2) is 0 Å². The Bertz CT molecular complexity index is 564. The first-order chi connectivity index (χ1) is 11.1. The SMILES string of the molecule is Cc1ccc(CN2CC[C@@H](NC(=O)C[C@@H]3CCCO3)C2=O)cc1. The van der Waals surface area contributed by atoms with Crippen LogP contribution in [0.2, 0.25) is 0 Å². The van der Waals surface area contributed by atoms with Gasteiger partial charge in [-0.15, -0.1) is 0 Å². The van der Waals surface area contributed by atoms with Gasteiger partial charge >= 0.3 is 0 Å². The van der Waals surface area contributed by atoms with E-state index in [2.05, 4.69) is 17.4 Å². The number of likely N-dealkylation sites (tertiary alicyclic amines) is 1. The topological polar surface area (TPSA) is 58.6 Å². The molecule has 23 heavy (non-hydrogen) atoms. The van der Waals surface area contributed by atoms with Crippen LogP contribution in [0.4, 0.5) is 0 Å². The number of ether oxygens (including phenoxy) is 1. The van der Waals surface area contributed by atoms with Crippen molar-refractivity contribution >= 4 is 11.8 Å². The monoisotopic (exact) mass is 316 g/mol. The quantitative estimate of drug-likeness (QED) is 0.901. The summed E-state index contributed by atoms with van der Waals surface area (Å²) >= 11 is 0. The van der Waals surface area contributed by atoms with Crippen LogP contribution in [0, 0.1) is 6.92 Å². The highest BCUT2D eigenvalue weighted by Crippen LogP contribution is 2.18. The number of benzene rings is 1. The minimum Gasteiger partial charge on any atom is -0.378 e. The van der Waals surface area contributed by atoms with E-state index in [-0.39, 0.29) is 24.0 Å². The molecule has 5 nitrogen and oxygen atoms in total. The van der Waals surface area contributed by atoms with E-state index in [1.54, 1.807) is 0 Å².